The van der Waals surface area contributed by atoms with E-state index in [0.29, 0.717) is 0 Å². The van der Waals surface area contributed by atoms with Crippen molar-refractivity contribution in [2.75, 3.05) is 48.9 Å². The van der Waals surface area contributed by atoms with Crippen LogP contribution in [-0.2, 0) is 20.9 Å². The summed E-state index contributed by atoms with van der Waals surface area (Å²) in [7, 11) is 1.40. The Kier molecular flexibility index (Phi) is 7.54. The summed E-state index contributed by atoms with van der Waals surface area (Å²) in [6, 6.07) is 3.69. The van der Waals surface area contributed by atoms with Crippen LogP contribution in [0.5, 0.6) is 5.75 Å². The molecule has 1 aliphatic rings. The first-order chi connectivity index (χ1) is 16.5. The SMILES string of the molecule is COCCN(C(=O)CN1C(=O)COc2ccc([N+](=O)[O-])cc21)c1c(N)n(CC(C)C)c(=O)[nH]c1=O. The van der Waals surface area contributed by atoms with Crippen LogP contribution in [0, 0.1) is 16.0 Å². The summed E-state index contributed by atoms with van der Waals surface area (Å²) in [5.74, 6) is -1.34. The van der Waals surface area contributed by atoms with E-state index in [4.69, 9.17) is 15.2 Å². The molecule has 0 atom stereocenters. The molecule has 1 aromatic carbocycles. The highest BCUT2D eigenvalue weighted by molar-refractivity contribution is 6.06. The number of rotatable bonds is 9. The smallest absolute Gasteiger partial charge is 0.330 e. The molecule has 0 fully saturated rings. The van der Waals surface area contributed by atoms with Crippen molar-refractivity contribution in [1.29, 1.82) is 0 Å². The average molecular weight is 490 g/mol. The normalized spacial score (nSPS) is 12.9. The van der Waals surface area contributed by atoms with E-state index >= 15 is 0 Å². The number of carbonyl (C=O) groups is 2. The number of aromatic amines is 1. The van der Waals surface area contributed by atoms with E-state index in [1.165, 1.54) is 19.2 Å². The van der Waals surface area contributed by atoms with Gasteiger partial charge in [-0.3, -0.25) is 38.9 Å². The Balaban J connectivity index is 2.04. The monoisotopic (exact) mass is 490 g/mol. The Morgan fingerprint density at radius 1 is 1.34 bits per heavy atom. The zero-order chi connectivity index (χ0) is 25.9. The molecule has 14 heteroatoms. The number of nitrogens with one attached hydrogen (secondary N) is 1. The minimum Gasteiger partial charge on any atom is -0.482 e. The number of carbonyl (C=O) groups excluding carboxylic acids is 2. The molecule has 188 valence electrons. The van der Waals surface area contributed by atoms with Crippen molar-refractivity contribution >= 4 is 34.7 Å². The lowest BCUT2D eigenvalue weighted by molar-refractivity contribution is -0.384. The molecule has 0 spiro atoms. The van der Waals surface area contributed by atoms with Gasteiger partial charge in [-0.25, -0.2) is 4.79 Å². The number of non-ortho nitro benzene ring substituents is 1. The lowest BCUT2D eigenvalue weighted by Crippen LogP contribution is -2.49. The molecule has 0 radical (unpaired) electrons. The fourth-order valence-electron chi connectivity index (χ4n) is 3.63. The van der Waals surface area contributed by atoms with Gasteiger partial charge >= 0.3 is 5.69 Å². The quantitative estimate of drug-likeness (QED) is 0.363. The maximum atomic E-state index is 13.4. The minimum atomic E-state index is -0.874. The molecule has 2 aromatic rings. The highest BCUT2D eigenvalue weighted by Crippen LogP contribution is 2.35. The summed E-state index contributed by atoms with van der Waals surface area (Å²) < 4.78 is 11.5. The maximum Gasteiger partial charge on any atom is 0.330 e. The van der Waals surface area contributed by atoms with Gasteiger partial charge in [-0.2, -0.15) is 0 Å². The predicted octanol–water partition coefficient (Wildman–Crippen LogP) is 0.0880. The van der Waals surface area contributed by atoms with Gasteiger partial charge < -0.3 is 20.1 Å². The van der Waals surface area contributed by atoms with E-state index in [9.17, 15) is 29.3 Å². The third kappa shape index (κ3) is 5.32. The number of aromatic nitrogens is 2. The number of hydrogen-bond donors (Lipinski definition) is 2. The molecule has 0 saturated carbocycles. The van der Waals surface area contributed by atoms with E-state index < -0.39 is 34.5 Å². The molecular weight excluding hydrogens is 464 g/mol. The van der Waals surface area contributed by atoms with E-state index in [2.05, 4.69) is 4.98 Å². The number of H-pyrrole nitrogens is 1. The predicted molar refractivity (Wildman–Crippen MR) is 126 cm³/mol. The first-order valence-corrected chi connectivity index (χ1v) is 10.7. The maximum absolute atomic E-state index is 13.4. The van der Waals surface area contributed by atoms with Crippen molar-refractivity contribution in [2.24, 2.45) is 5.92 Å². The number of benzene rings is 1. The van der Waals surface area contributed by atoms with Crippen molar-refractivity contribution in [3.05, 3.63) is 49.2 Å². The number of hydrogen-bond acceptors (Lipinski definition) is 9. The molecule has 0 bridgehead atoms. The zero-order valence-corrected chi connectivity index (χ0v) is 19.5. The highest BCUT2D eigenvalue weighted by Gasteiger charge is 2.32. The van der Waals surface area contributed by atoms with Crippen LogP contribution in [0.15, 0.2) is 27.8 Å². The highest BCUT2D eigenvalue weighted by atomic mass is 16.6. The summed E-state index contributed by atoms with van der Waals surface area (Å²) in [4.78, 5) is 65.9. The Morgan fingerprint density at radius 3 is 2.69 bits per heavy atom. The standard InChI is InChI=1S/C21H26N6O8/c1-12(2)9-26-19(22)18(20(30)23-21(26)31)24(6-7-34-3)16(28)10-25-14-8-13(27(32)33)4-5-15(14)35-11-17(25)29/h4-5,8,12H,6-7,9-11,22H2,1-3H3,(H,23,30,31). The van der Waals surface area contributed by atoms with Crippen LogP contribution >= 0.6 is 0 Å². The minimum absolute atomic E-state index is 0.00939. The molecule has 2 amide bonds. The number of nitro benzene ring substituents is 1. The Hall–Kier alpha value is -4.20. The van der Waals surface area contributed by atoms with Crippen LogP contribution < -0.4 is 31.5 Å². The van der Waals surface area contributed by atoms with Crippen LogP contribution in [0.3, 0.4) is 0 Å². The van der Waals surface area contributed by atoms with E-state index in [1.54, 1.807) is 0 Å². The second-order valence-electron chi connectivity index (χ2n) is 8.21. The molecule has 35 heavy (non-hydrogen) atoms. The molecule has 0 saturated heterocycles. The number of nitrogens with two attached hydrogens (primary N) is 1. The number of ether oxygens (including phenoxy) is 2. The van der Waals surface area contributed by atoms with Crippen LogP contribution in [0.2, 0.25) is 0 Å². The topological polar surface area (TPSA) is 183 Å². The third-order valence-corrected chi connectivity index (χ3v) is 5.24. The van der Waals surface area contributed by atoms with Gasteiger partial charge in [-0.05, 0) is 12.0 Å². The Labute approximate surface area is 199 Å². The van der Waals surface area contributed by atoms with E-state index in [0.717, 1.165) is 20.4 Å². The largest absolute Gasteiger partial charge is 0.482 e. The van der Waals surface area contributed by atoms with Crippen molar-refractivity contribution < 1.29 is 24.0 Å². The van der Waals surface area contributed by atoms with E-state index in [-0.39, 0.29) is 60.9 Å². The Morgan fingerprint density at radius 2 is 2.06 bits per heavy atom. The van der Waals surface area contributed by atoms with Crippen molar-refractivity contribution in [3.63, 3.8) is 0 Å². The molecular formula is C21H26N6O8. The number of nitro groups is 1. The van der Waals surface area contributed by atoms with Crippen LogP contribution in [-0.4, -0.2) is 59.7 Å². The molecule has 1 aromatic heterocycles. The second kappa shape index (κ2) is 10.4. The van der Waals surface area contributed by atoms with Crippen molar-refractivity contribution in [2.45, 2.75) is 20.4 Å². The zero-order valence-electron chi connectivity index (χ0n) is 19.5. The molecule has 0 unspecified atom stereocenters. The fraction of sp³-hybridized carbons (Fsp3) is 0.429. The third-order valence-electron chi connectivity index (χ3n) is 5.24. The molecule has 3 N–H and O–H groups in total. The van der Waals surface area contributed by atoms with Crippen LogP contribution in [0.25, 0.3) is 0 Å². The molecule has 1 aliphatic heterocycles. The van der Waals surface area contributed by atoms with Gasteiger partial charge in [0.1, 0.15) is 18.1 Å². The summed E-state index contributed by atoms with van der Waals surface area (Å²) in [6.45, 7) is 2.87. The van der Waals surface area contributed by atoms with Gasteiger partial charge in [0, 0.05) is 32.3 Å². The lowest BCUT2D eigenvalue weighted by atomic mass is 10.2. The van der Waals surface area contributed by atoms with Gasteiger partial charge in [0.15, 0.2) is 12.3 Å². The second-order valence-corrected chi connectivity index (χ2v) is 8.21. The fourth-order valence-corrected chi connectivity index (χ4v) is 3.63. The first-order valence-electron chi connectivity index (χ1n) is 10.7. The molecule has 2 heterocycles. The van der Waals surface area contributed by atoms with Gasteiger partial charge in [0.25, 0.3) is 17.2 Å². The number of nitrogens with zero attached hydrogens (tertiary/aromatic N) is 4. The lowest BCUT2D eigenvalue weighted by Gasteiger charge is -2.31. The summed E-state index contributed by atoms with van der Waals surface area (Å²) >= 11 is 0. The first kappa shape index (κ1) is 25.4. The van der Waals surface area contributed by atoms with Gasteiger partial charge in [-0.15, -0.1) is 0 Å². The number of fused-ring (bicyclic) bond motifs is 1. The van der Waals surface area contributed by atoms with E-state index in [1.807, 2.05) is 13.8 Å². The van der Waals surface area contributed by atoms with Crippen molar-refractivity contribution in [3.8, 4) is 5.75 Å². The number of nitrogen functional groups attached to an aromatic ring is 1. The van der Waals surface area contributed by atoms with Gasteiger partial charge in [0.2, 0.25) is 5.91 Å². The summed E-state index contributed by atoms with van der Waals surface area (Å²) in [5.41, 5.74) is 4.07. The number of amides is 2. The average Bonchev–Trinajstić information content (AvgIpc) is 2.79. The Bertz CT molecular complexity index is 1270. The van der Waals surface area contributed by atoms with Crippen LogP contribution in [0.4, 0.5) is 22.9 Å². The summed E-state index contributed by atoms with van der Waals surface area (Å²) in [5, 5.41) is 11.2. The van der Waals surface area contributed by atoms with Crippen molar-refractivity contribution in [1.82, 2.24) is 9.55 Å². The molecule has 3 rings (SSSR count). The van der Waals surface area contributed by atoms with Crippen LogP contribution in [0.1, 0.15) is 13.8 Å². The molecule has 14 nitrogen and oxygen atoms in total. The summed E-state index contributed by atoms with van der Waals surface area (Å²) in [6.07, 6.45) is 0. The number of methoxy groups -OCH3 is 1. The number of anilines is 3. The van der Waals surface area contributed by atoms with Gasteiger partial charge in [0.05, 0.1) is 17.2 Å². The molecule has 0 aliphatic carbocycles. The van der Waals surface area contributed by atoms with Gasteiger partial charge in [-0.1, -0.05) is 13.8 Å².